The number of amides is 1. The molecule has 1 saturated heterocycles. The predicted molar refractivity (Wildman–Crippen MR) is 89.6 cm³/mol. The lowest BCUT2D eigenvalue weighted by Gasteiger charge is -2.36. The smallest absolute Gasteiger partial charge is 0.234 e. The zero-order chi connectivity index (χ0) is 16.4. The van der Waals surface area contributed by atoms with Crippen molar-refractivity contribution in [1.29, 1.82) is 0 Å². The van der Waals surface area contributed by atoms with E-state index in [9.17, 15) is 13.2 Å². The highest BCUT2D eigenvalue weighted by Gasteiger charge is 2.41. The summed E-state index contributed by atoms with van der Waals surface area (Å²) in [7, 11) is -1.42. The first-order chi connectivity index (χ1) is 11.0. The van der Waals surface area contributed by atoms with Crippen LogP contribution in [0.5, 0.6) is 0 Å². The number of nitrogens with zero attached hydrogens (tertiary/aromatic N) is 2. The minimum atomic E-state index is -3.13. The summed E-state index contributed by atoms with van der Waals surface area (Å²) in [6.45, 7) is 1.94. The van der Waals surface area contributed by atoms with E-state index in [4.69, 9.17) is 0 Å². The third-order valence-electron chi connectivity index (χ3n) is 5.43. The maximum Gasteiger partial charge on any atom is 0.234 e. The van der Waals surface area contributed by atoms with Crippen molar-refractivity contribution in [1.82, 2.24) is 14.5 Å². The van der Waals surface area contributed by atoms with Gasteiger partial charge in [0.25, 0.3) is 0 Å². The summed E-state index contributed by atoms with van der Waals surface area (Å²) in [5, 5.41) is 2.96. The minimum absolute atomic E-state index is 0.00799. The van der Waals surface area contributed by atoms with Gasteiger partial charge in [0.15, 0.2) is 0 Å². The van der Waals surface area contributed by atoms with Crippen LogP contribution in [0.15, 0.2) is 0 Å². The zero-order valence-electron chi connectivity index (χ0n) is 14.0. The van der Waals surface area contributed by atoms with Gasteiger partial charge < -0.3 is 5.32 Å². The third kappa shape index (κ3) is 4.25. The summed E-state index contributed by atoms with van der Waals surface area (Å²) >= 11 is 0. The predicted octanol–water partition coefficient (Wildman–Crippen LogP) is 0.934. The molecule has 2 saturated carbocycles. The van der Waals surface area contributed by atoms with Crippen molar-refractivity contribution in [3.8, 4) is 0 Å². The molecule has 7 heteroatoms. The van der Waals surface area contributed by atoms with Crippen LogP contribution in [0.4, 0.5) is 0 Å². The Morgan fingerprint density at radius 1 is 1.13 bits per heavy atom. The Bertz CT molecular complexity index is 527. The van der Waals surface area contributed by atoms with E-state index >= 15 is 0 Å². The number of likely N-dealkylation sites (tertiary alicyclic amines) is 1. The fourth-order valence-corrected chi connectivity index (χ4v) is 5.62. The molecule has 3 fully saturated rings. The van der Waals surface area contributed by atoms with Crippen LogP contribution in [-0.2, 0) is 14.8 Å². The molecule has 1 aliphatic heterocycles. The summed E-state index contributed by atoms with van der Waals surface area (Å²) < 4.78 is 26.3. The van der Waals surface area contributed by atoms with Crippen LogP contribution in [0.2, 0.25) is 0 Å². The van der Waals surface area contributed by atoms with Gasteiger partial charge in [-0.05, 0) is 45.1 Å². The number of nitrogens with one attached hydrogen (secondary N) is 1. The van der Waals surface area contributed by atoms with Gasteiger partial charge in [0.05, 0.1) is 11.8 Å². The van der Waals surface area contributed by atoms with E-state index < -0.39 is 10.0 Å². The molecule has 0 bridgehead atoms. The number of likely N-dealkylation sites (N-methyl/N-ethyl adjacent to an activating group) is 1. The highest BCUT2D eigenvalue weighted by Crippen LogP contribution is 2.32. The standard InChI is InChI=1S/C16H29N3O3S/c1-18(23(21,22)15-8-9-15)14-7-4-10-19(11-14)12-16(20)17-13-5-2-3-6-13/h13-15H,2-12H2,1H3,(H,17,20). The van der Waals surface area contributed by atoms with Crippen molar-refractivity contribution in [2.75, 3.05) is 26.7 Å². The van der Waals surface area contributed by atoms with Gasteiger partial charge in [-0.15, -0.1) is 0 Å². The topological polar surface area (TPSA) is 69.7 Å². The maximum atomic E-state index is 12.4. The maximum absolute atomic E-state index is 12.4. The van der Waals surface area contributed by atoms with E-state index in [0.29, 0.717) is 19.1 Å². The van der Waals surface area contributed by atoms with E-state index in [-0.39, 0.29) is 17.2 Å². The van der Waals surface area contributed by atoms with E-state index in [0.717, 1.165) is 45.1 Å². The van der Waals surface area contributed by atoms with Gasteiger partial charge >= 0.3 is 0 Å². The van der Waals surface area contributed by atoms with Gasteiger partial charge in [-0.2, -0.15) is 0 Å². The van der Waals surface area contributed by atoms with Gasteiger partial charge in [0.2, 0.25) is 15.9 Å². The molecule has 23 heavy (non-hydrogen) atoms. The molecule has 1 N–H and O–H groups in total. The molecule has 0 spiro atoms. The molecule has 0 aromatic carbocycles. The average Bonchev–Trinajstić information content (AvgIpc) is 3.27. The molecule has 0 aromatic heterocycles. The Hall–Kier alpha value is -0.660. The molecular weight excluding hydrogens is 314 g/mol. The number of carbonyl (C=O) groups excluding carboxylic acids is 1. The number of sulfonamides is 1. The quantitative estimate of drug-likeness (QED) is 0.779. The molecule has 1 amide bonds. The Kier molecular flexibility index (Phi) is 5.28. The summed E-state index contributed by atoms with van der Waals surface area (Å²) in [5.74, 6) is 0.0882. The molecule has 2 aliphatic carbocycles. The van der Waals surface area contributed by atoms with Crippen LogP contribution in [0, 0.1) is 0 Å². The molecule has 1 atom stereocenters. The fourth-order valence-electron chi connectivity index (χ4n) is 3.83. The van der Waals surface area contributed by atoms with Crippen molar-refractivity contribution in [2.24, 2.45) is 0 Å². The number of rotatable bonds is 6. The van der Waals surface area contributed by atoms with E-state index in [1.54, 1.807) is 11.4 Å². The summed E-state index contributed by atoms with van der Waals surface area (Å²) in [4.78, 5) is 14.3. The molecule has 0 aromatic rings. The molecular formula is C16H29N3O3S. The molecule has 3 rings (SSSR count). The van der Waals surface area contributed by atoms with Gasteiger partial charge in [0, 0.05) is 25.7 Å². The lowest BCUT2D eigenvalue weighted by molar-refractivity contribution is -0.123. The summed E-state index contributed by atoms with van der Waals surface area (Å²) in [5.41, 5.74) is 0. The Morgan fingerprint density at radius 3 is 2.48 bits per heavy atom. The second-order valence-corrected chi connectivity index (χ2v) is 9.61. The van der Waals surface area contributed by atoms with Crippen LogP contribution in [0.25, 0.3) is 0 Å². The van der Waals surface area contributed by atoms with Gasteiger partial charge in [0.1, 0.15) is 0 Å². The third-order valence-corrected chi connectivity index (χ3v) is 7.84. The molecule has 1 unspecified atom stereocenters. The van der Waals surface area contributed by atoms with Gasteiger partial charge in [-0.25, -0.2) is 12.7 Å². The SMILES string of the molecule is CN(C1CCCN(CC(=O)NC2CCCC2)C1)S(=O)(=O)C1CC1. The average molecular weight is 343 g/mol. The summed E-state index contributed by atoms with van der Waals surface area (Å²) in [6.07, 6.45) is 8.05. The van der Waals surface area contributed by atoms with E-state index in [1.165, 1.54) is 12.8 Å². The van der Waals surface area contributed by atoms with Crippen molar-refractivity contribution in [3.05, 3.63) is 0 Å². The van der Waals surface area contributed by atoms with Crippen LogP contribution >= 0.6 is 0 Å². The minimum Gasteiger partial charge on any atom is -0.352 e. The van der Waals surface area contributed by atoms with Crippen LogP contribution in [0.1, 0.15) is 51.4 Å². The second-order valence-electron chi connectivity index (χ2n) is 7.34. The number of hydrogen-bond donors (Lipinski definition) is 1. The number of piperidine rings is 1. The molecule has 6 nitrogen and oxygen atoms in total. The zero-order valence-corrected chi connectivity index (χ0v) is 14.9. The fraction of sp³-hybridized carbons (Fsp3) is 0.938. The van der Waals surface area contributed by atoms with Crippen molar-refractivity contribution in [3.63, 3.8) is 0 Å². The van der Waals surface area contributed by atoms with Crippen LogP contribution < -0.4 is 5.32 Å². The lowest BCUT2D eigenvalue weighted by Crippen LogP contribution is -2.51. The highest BCUT2D eigenvalue weighted by atomic mass is 32.2. The number of carbonyl (C=O) groups is 1. The monoisotopic (exact) mass is 343 g/mol. The largest absolute Gasteiger partial charge is 0.352 e. The summed E-state index contributed by atoms with van der Waals surface area (Å²) in [6, 6.07) is 0.356. The first-order valence-electron chi connectivity index (χ1n) is 8.95. The first-order valence-corrected chi connectivity index (χ1v) is 10.5. The van der Waals surface area contributed by atoms with Gasteiger partial charge in [-0.3, -0.25) is 9.69 Å². The molecule has 3 aliphatic rings. The number of hydrogen-bond acceptors (Lipinski definition) is 4. The van der Waals surface area contributed by atoms with E-state index in [2.05, 4.69) is 10.2 Å². The Balaban J connectivity index is 1.50. The Morgan fingerprint density at radius 2 is 1.83 bits per heavy atom. The van der Waals surface area contributed by atoms with Crippen molar-refractivity contribution < 1.29 is 13.2 Å². The lowest BCUT2D eigenvalue weighted by atomic mass is 10.1. The molecule has 0 radical (unpaired) electrons. The first kappa shape index (κ1) is 17.2. The molecule has 1 heterocycles. The molecule has 132 valence electrons. The Labute approximate surface area is 139 Å². The van der Waals surface area contributed by atoms with Crippen molar-refractivity contribution in [2.45, 2.75) is 68.7 Å². The van der Waals surface area contributed by atoms with Gasteiger partial charge in [-0.1, -0.05) is 12.8 Å². The van der Waals surface area contributed by atoms with E-state index in [1.807, 2.05) is 0 Å². The second kappa shape index (κ2) is 7.07. The van der Waals surface area contributed by atoms with Crippen LogP contribution in [-0.4, -0.2) is 67.5 Å². The highest BCUT2D eigenvalue weighted by molar-refractivity contribution is 7.90. The van der Waals surface area contributed by atoms with Crippen molar-refractivity contribution >= 4 is 15.9 Å². The normalized spacial score (nSPS) is 27.5. The van der Waals surface area contributed by atoms with Crippen LogP contribution in [0.3, 0.4) is 0 Å².